The maximum atomic E-state index is 12.3. The zero-order valence-corrected chi connectivity index (χ0v) is 12.0. The molecule has 0 radical (unpaired) electrons. The molecule has 0 atom stereocenters. The highest BCUT2D eigenvalue weighted by atomic mass is 79.9. The van der Waals surface area contributed by atoms with E-state index < -0.39 is 0 Å². The highest BCUT2D eigenvalue weighted by molar-refractivity contribution is 9.10. The maximum Gasteiger partial charge on any atom is 0.274 e. The number of aryl methyl sites for hydroxylation is 1. The molecule has 0 saturated carbocycles. The van der Waals surface area contributed by atoms with E-state index in [0.29, 0.717) is 21.5 Å². The van der Waals surface area contributed by atoms with Gasteiger partial charge in [0.25, 0.3) is 5.91 Å². The summed E-state index contributed by atoms with van der Waals surface area (Å²) in [6.07, 6.45) is 3.25. The lowest BCUT2D eigenvalue weighted by molar-refractivity contribution is 0.102. The van der Waals surface area contributed by atoms with Crippen molar-refractivity contribution in [3.8, 4) is 0 Å². The van der Waals surface area contributed by atoms with E-state index in [4.69, 9.17) is 5.73 Å². The van der Waals surface area contributed by atoms with Gasteiger partial charge >= 0.3 is 0 Å². The van der Waals surface area contributed by atoms with E-state index in [1.54, 1.807) is 36.3 Å². The number of hydrogen-bond donors (Lipinski definition) is 2. The van der Waals surface area contributed by atoms with Crippen LogP contribution in [0.1, 0.15) is 10.5 Å². The third-order valence-electron chi connectivity index (χ3n) is 2.68. The molecule has 3 rings (SSSR count). The molecular weight excluding hydrogens is 326 g/mol. The number of rotatable bonds is 2. The molecular formula is C11H10BrN7O. The van der Waals surface area contributed by atoms with Crippen LogP contribution in [0.15, 0.2) is 29.1 Å². The van der Waals surface area contributed by atoms with Crippen molar-refractivity contribution in [2.45, 2.75) is 0 Å². The number of aromatic nitrogens is 5. The fraction of sp³-hybridized carbons (Fsp3) is 0.0909. The summed E-state index contributed by atoms with van der Waals surface area (Å²) < 4.78 is 3.60. The Morgan fingerprint density at radius 3 is 2.90 bits per heavy atom. The first-order valence-corrected chi connectivity index (χ1v) is 6.44. The van der Waals surface area contributed by atoms with E-state index in [2.05, 4.69) is 36.4 Å². The third kappa shape index (κ3) is 2.11. The number of carbonyl (C=O) groups is 1. The lowest BCUT2D eigenvalue weighted by Crippen LogP contribution is -2.16. The van der Waals surface area contributed by atoms with Crippen LogP contribution in [0.4, 0.5) is 11.6 Å². The Hall–Kier alpha value is -2.42. The van der Waals surface area contributed by atoms with Gasteiger partial charge in [0.2, 0.25) is 5.95 Å². The summed E-state index contributed by atoms with van der Waals surface area (Å²) in [5, 5.41) is 10.9. The van der Waals surface area contributed by atoms with Crippen LogP contribution in [-0.2, 0) is 7.05 Å². The summed E-state index contributed by atoms with van der Waals surface area (Å²) in [5.41, 5.74) is 7.17. The molecule has 0 bridgehead atoms. The Labute approximate surface area is 121 Å². The third-order valence-corrected chi connectivity index (χ3v) is 3.27. The molecule has 1 amide bonds. The van der Waals surface area contributed by atoms with Crippen LogP contribution in [0.25, 0.3) is 5.52 Å². The zero-order chi connectivity index (χ0) is 14.3. The summed E-state index contributed by atoms with van der Waals surface area (Å²) in [6, 6.07) is 3.40. The number of nitrogen functional groups attached to an aromatic ring is 1. The van der Waals surface area contributed by atoms with Gasteiger partial charge in [-0.1, -0.05) is 0 Å². The quantitative estimate of drug-likeness (QED) is 0.728. The molecule has 3 aromatic heterocycles. The number of carbonyl (C=O) groups excluding carboxylic acids is 1. The Morgan fingerprint density at radius 1 is 1.40 bits per heavy atom. The summed E-state index contributed by atoms with van der Waals surface area (Å²) in [7, 11) is 1.76. The van der Waals surface area contributed by atoms with Crippen molar-refractivity contribution >= 4 is 39.0 Å². The van der Waals surface area contributed by atoms with Crippen molar-refractivity contribution in [2.75, 3.05) is 11.1 Å². The molecule has 9 heteroatoms. The Balaban J connectivity index is 1.96. The predicted molar refractivity (Wildman–Crippen MR) is 76.3 cm³/mol. The number of amides is 1. The largest absolute Gasteiger partial charge is 0.367 e. The van der Waals surface area contributed by atoms with Crippen LogP contribution >= 0.6 is 15.9 Å². The number of nitrogens with two attached hydrogens (primary N) is 1. The fourth-order valence-electron chi connectivity index (χ4n) is 1.82. The van der Waals surface area contributed by atoms with Crippen LogP contribution in [0, 0.1) is 0 Å². The molecule has 3 aromatic rings. The van der Waals surface area contributed by atoms with E-state index in [1.807, 2.05) is 0 Å². The summed E-state index contributed by atoms with van der Waals surface area (Å²) >= 11 is 3.27. The van der Waals surface area contributed by atoms with E-state index in [0.717, 1.165) is 0 Å². The molecule has 3 N–H and O–H groups in total. The SMILES string of the molecule is Cn1cc(NC(=O)c2ccc3cnc(N)nn23)c(Br)n1. The average Bonchev–Trinajstić information content (AvgIpc) is 2.93. The van der Waals surface area contributed by atoms with E-state index in [-0.39, 0.29) is 11.9 Å². The number of nitrogens with zero attached hydrogens (tertiary/aromatic N) is 5. The number of fused-ring (bicyclic) bond motifs is 1. The first-order valence-electron chi connectivity index (χ1n) is 5.65. The fourth-order valence-corrected chi connectivity index (χ4v) is 2.27. The van der Waals surface area contributed by atoms with Crippen molar-refractivity contribution in [1.29, 1.82) is 0 Å². The van der Waals surface area contributed by atoms with Crippen LogP contribution < -0.4 is 11.1 Å². The molecule has 0 aliphatic heterocycles. The Morgan fingerprint density at radius 2 is 2.20 bits per heavy atom. The van der Waals surface area contributed by atoms with Crippen molar-refractivity contribution in [1.82, 2.24) is 24.4 Å². The van der Waals surface area contributed by atoms with Crippen molar-refractivity contribution < 1.29 is 4.79 Å². The van der Waals surface area contributed by atoms with Gasteiger partial charge in [-0.2, -0.15) is 5.10 Å². The zero-order valence-electron chi connectivity index (χ0n) is 10.4. The molecule has 0 spiro atoms. The van der Waals surface area contributed by atoms with Gasteiger partial charge in [-0.05, 0) is 28.1 Å². The van der Waals surface area contributed by atoms with Crippen molar-refractivity contribution in [2.24, 2.45) is 7.05 Å². The van der Waals surface area contributed by atoms with Gasteiger partial charge in [0.05, 0.1) is 17.4 Å². The Kier molecular flexibility index (Phi) is 2.90. The molecule has 0 fully saturated rings. The second-order valence-electron chi connectivity index (χ2n) is 4.13. The standard InChI is InChI=1S/C11H10BrN7O/c1-18-5-7(9(12)16-18)15-10(20)8-3-2-6-4-14-11(13)17-19(6)8/h2-5H,1H3,(H2,13,17)(H,15,20). The second-order valence-corrected chi connectivity index (χ2v) is 4.88. The molecule has 0 aliphatic carbocycles. The maximum absolute atomic E-state index is 12.3. The monoisotopic (exact) mass is 335 g/mol. The molecule has 3 heterocycles. The number of hydrogen-bond acceptors (Lipinski definition) is 5. The minimum absolute atomic E-state index is 0.102. The molecule has 20 heavy (non-hydrogen) atoms. The first-order chi connectivity index (χ1) is 9.54. The highest BCUT2D eigenvalue weighted by Gasteiger charge is 2.15. The van der Waals surface area contributed by atoms with Gasteiger partial charge in [0.15, 0.2) is 4.60 Å². The van der Waals surface area contributed by atoms with Gasteiger partial charge in [0, 0.05) is 13.2 Å². The normalized spacial score (nSPS) is 10.9. The van der Waals surface area contributed by atoms with E-state index in [1.165, 1.54) is 4.52 Å². The topological polar surface area (TPSA) is 103 Å². The number of nitrogens with one attached hydrogen (secondary N) is 1. The molecule has 0 aliphatic rings. The van der Waals surface area contributed by atoms with Crippen molar-refractivity contribution in [3.63, 3.8) is 0 Å². The lowest BCUT2D eigenvalue weighted by Gasteiger charge is -2.03. The minimum atomic E-state index is -0.309. The Bertz CT molecular complexity index is 806. The molecule has 102 valence electrons. The molecule has 0 saturated heterocycles. The van der Waals surface area contributed by atoms with Gasteiger partial charge in [-0.25, -0.2) is 9.50 Å². The van der Waals surface area contributed by atoms with Gasteiger partial charge in [-0.15, -0.1) is 5.10 Å². The van der Waals surface area contributed by atoms with Gasteiger partial charge < -0.3 is 11.1 Å². The first kappa shape index (κ1) is 12.6. The summed E-state index contributed by atoms with van der Waals surface area (Å²) in [4.78, 5) is 16.1. The van der Waals surface area contributed by atoms with Crippen LogP contribution in [0.5, 0.6) is 0 Å². The number of anilines is 2. The lowest BCUT2D eigenvalue weighted by atomic mass is 10.4. The van der Waals surface area contributed by atoms with Crippen LogP contribution in [0.2, 0.25) is 0 Å². The van der Waals surface area contributed by atoms with Gasteiger partial charge in [-0.3, -0.25) is 9.48 Å². The molecule has 8 nitrogen and oxygen atoms in total. The summed E-state index contributed by atoms with van der Waals surface area (Å²) in [5.74, 6) is -0.206. The highest BCUT2D eigenvalue weighted by Crippen LogP contribution is 2.20. The van der Waals surface area contributed by atoms with Crippen LogP contribution in [0.3, 0.4) is 0 Å². The minimum Gasteiger partial charge on any atom is -0.367 e. The van der Waals surface area contributed by atoms with Crippen LogP contribution in [-0.4, -0.2) is 30.3 Å². The van der Waals surface area contributed by atoms with Crippen molar-refractivity contribution in [3.05, 3.63) is 34.8 Å². The second kappa shape index (κ2) is 4.60. The molecule has 0 unspecified atom stereocenters. The smallest absolute Gasteiger partial charge is 0.274 e. The molecule has 0 aromatic carbocycles. The van der Waals surface area contributed by atoms with E-state index in [9.17, 15) is 4.79 Å². The predicted octanol–water partition coefficient (Wildman–Crippen LogP) is 1.06. The van der Waals surface area contributed by atoms with Gasteiger partial charge in [0.1, 0.15) is 5.69 Å². The summed E-state index contributed by atoms with van der Waals surface area (Å²) in [6.45, 7) is 0. The van der Waals surface area contributed by atoms with E-state index >= 15 is 0 Å². The average molecular weight is 336 g/mol. The number of halogens is 1.